The normalized spacial score (nSPS) is 18.6. The van der Waals surface area contributed by atoms with Crippen LogP contribution in [0.25, 0.3) is 0 Å². The Bertz CT molecular complexity index is 427. The van der Waals surface area contributed by atoms with E-state index in [0.717, 1.165) is 25.9 Å². The monoisotopic (exact) mass is 322 g/mol. The third-order valence-electron chi connectivity index (χ3n) is 3.25. The van der Waals surface area contributed by atoms with Crippen LogP contribution in [0.4, 0.5) is 0 Å². The molecule has 0 bridgehead atoms. The Balaban J connectivity index is 0.00000180. The van der Waals surface area contributed by atoms with E-state index in [0.29, 0.717) is 15.6 Å². The van der Waals surface area contributed by atoms with Crippen molar-refractivity contribution in [2.24, 2.45) is 0 Å². The van der Waals surface area contributed by atoms with Gasteiger partial charge in [-0.15, -0.1) is 12.4 Å². The maximum absolute atomic E-state index is 12.3. The van der Waals surface area contributed by atoms with Gasteiger partial charge >= 0.3 is 0 Å². The second-order valence-electron chi connectivity index (χ2n) is 4.57. The van der Waals surface area contributed by atoms with E-state index in [9.17, 15) is 4.79 Å². The molecule has 0 spiro atoms. The standard InChI is InChI=1S/C13H16Cl2N2O.ClH/c1-17(12-3-2-4-16-8-12)13(18)9-5-10(14)7-11(15)6-9;/h5-7,12,16H,2-4,8H2,1H3;1H. The van der Waals surface area contributed by atoms with Gasteiger partial charge in [-0.25, -0.2) is 0 Å². The molecular formula is C13H17Cl3N2O. The van der Waals surface area contributed by atoms with Gasteiger partial charge in [-0.2, -0.15) is 0 Å². The zero-order valence-corrected chi connectivity index (χ0v) is 13.0. The molecule has 1 aromatic rings. The summed E-state index contributed by atoms with van der Waals surface area (Å²) in [5, 5.41) is 4.27. The molecule has 3 nitrogen and oxygen atoms in total. The summed E-state index contributed by atoms with van der Waals surface area (Å²) >= 11 is 11.8. The zero-order chi connectivity index (χ0) is 13.1. The van der Waals surface area contributed by atoms with Gasteiger partial charge in [-0.05, 0) is 37.6 Å². The highest BCUT2D eigenvalue weighted by Gasteiger charge is 2.23. The van der Waals surface area contributed by atoms with Crippen LogP contribution in [0.15, 0.2) is 18.2 Å². The molecule has 1 aliphatic rings. The minimum atomic E-state index is -0.0342. The number of hydrogen-bond acceptors (Lipinski definition) is 2. The van der Waals surface area contributed by atoms with Crippen LogP contribution in [-0.2, 0) is 0 Å². The molecule has 1 aliphatic heterocycles. The first-order valence-corrected chi connectivity index (χ1v) is 6.77. The molecule has 0 aliphatic carbocycles. The number of hydrogen-bond donors (Lipinski definition) is 1. The summed E-state index contributed by atoms with van der Waals surface area (Å²) in [5.41, 5.74) is 0.542. The van der Waals surface area contributed by atoms with Crippen molar-refractivity contribution in [3.8, 4) is 0 Å². The SMILES string of the molecule is CN(C(=O)c1cc(Cl)cc(Cl)c1)C1CCCNC1.Cl. The van der Waals surface area contributed by atoms with Crippen LogP contribution >= 0.6 is 35.6 Å². The third-order valence-corrected chi connectivity index (χ3v) is 3.68. The van der Waals surface area contributed by atoms with Crippen LogP contribution in [-0.4, -0.2) is 37.0 Å². The van der Waals surface area contributed by atoms with Crippen molar-refractivity contribution >= 4 is 41.5 Å². The van der Waals surface area contributed by atoms with Crippen LogP contribution in [0.2, 0.25) is 10.0 Å². The molecule has 1 unspecified atom stereocenters. The highest BCUT2D eigenvalue weighted by atomic mass is 35.5. The van der Waals surface area contributed by atoms with Gasteiger partial charge in [0.25, 0.3) is 5.91 Å². The predicted molar refractivity (Wildman–Crippen MR) is 81.7 cm³/mol. The number of nitrogens with zero attached hydrogens (tertiary/aromatic N) is 1. The van der Waals surface area contributed by atoms with E-state index in [-0.39, 0.29) is 24.4 Å². The Labute approximate surface area is 129 Å². The molecule has 1 amide bonds. The molecule has 0 saturated carbocycles. The van der Waals surface area contributed by atoms with E-state index < -0.39 is 0 Å². The summed E-state index contributed by atoms with van der Waals surface area (Å²) in [6, 6.07) is 5.18. The Morgan fingerprint density at radius 2 is 1.95 bits per heavy atom. The lowest BCUT2D eigenvalue weighted by Crippen LogP contribution is -2.46. The fourth-order valence-electron chi connectivity index (χ4n) is 2.21. The van der Waals surface area contributed by atoms with Crippen LogP contribution in [0.3, 0.4) is 0 Å². The van der Waals surface area contributed by atoms with Crippen LogP contribution in [0.5, 0.6) is 0 Å². The number of halogens is 3. The minimum absolute atomic E-state index is 0. The molecule has 0 radical (unpaired) electrons. The smallest absolute Gasteiger partial charge is 0.253 e. The number of piperidine rings is 1. The van der Waals surface area contributed by atoms with Gasteiger partial charge < -0.3 is 10.2 Å². The summed E-state index contributed by atoms with van der Waals surface area (Å²) in [6.45, 7) is 1.87. The molecule has 1 atom stereocenters. The van der Waals surface area contributed by atoms with Crippen molar-refractivity contribution in [1.82, 2.24) is 10.2 Å². The largest absolute Gasteiger partial charge is 0.337 e. The lowest BCUT2D eigenvalue weighted by Gasteiger charge is -2.31. The summed E-state index contributed by atoms with van der Waals surface area (Å²) in [7, 11) is 1.83. The molecular weight excluding hydrogens is 307 g/mol. The highest BCUT2D eigenvalue weighted by Crippen LogP contribution is 2.21. The lowest BCUT2D eigenvalue weighted by atomic mass is 10.1. The van der Waals surface area contributed by atoms with Crippen molar-refractivity contribution in [2.75, 3.05) is 20.1 Å². The molecule has 1 aromatic carbocycles. The summed E-state index contributed by atoms with van der Waals surface area (Å²) in [6.07, 6.45) is 2.13. The van der Waals surface area contributed by atoms with Crippen molar-refractivity contribution in [3.63, 3.8) is 0 Å². The zero-order valence-electron chi connectivity index (χ0n) is 10.7. The highest BCUT2D eigenvalue weighted by molar-refractivity contribution is 6.35. The molecule has 0 aromatic heterocycles. The number of carbonyl (C=O) groups is 1. The van der Waals surface area contributed by atoms with E-state index in [1.807, 2.05) is 7.05 Å². The maximum atomic E-state index is 12.3. The summed E-state index contributed by atoms with van der Waals surface area (Å²) in [4.78, 5) is 14.1. The van der Waals surface area contributed by atoms with E-state index in [1.165, 1.54) is 0 Å². The van der Waals surface area contributed by atoms with Gasteiger partial charge in [0, 0.05) is 35.2 Å². The third kappa shape index (κ3) is 4.25. The fraction of sp³-hybridized carbons (Fsp3) is 0.462. The molecule has 19 heavy (non-hydrogen) atoms. The van der Waals surface area contributed by atoms with Gasteiger partial charge in [0.05, 0.1) is 0 Å². The number of amides is 1. The number of likely N-dealkylation sites (N-methyl/N-ethyl adjacent to an activating group) is 1. The maximum Gasteiger partial charge on any atom is 0.253 e. The molecule has 1 N–H and O–H groups in total. The van der Waals surface area contributed by atoms with Crippen molar-refractivity contribution in [1.29, 1.82) is 0 Å². The number of carbonyl (C=O) groups excluding carboxylic acids is 1. The van der Waals surface area contributed by atoms with Gasteiger partial charge in [-0.3, -0.25) is 4.79 Å². The number of benzene rings is 1. The molecule has 1 saturated heterocycles. The van der Waals surface area contributed by atoms with E-state index >= 15 is 0 Å². The Hall–Kier alpha value is -0.480. The number of rotatable bonds is 2. The molecule has 1 heterocycles. The predicted octanol–water partition coefficient (Wildman–Crippen LogP) is 3.24. The van der Waals surface area contributed by atoms with Gasteiger partial charge in [0.2, 0.25) is 0 Å². The van der Waals surface area contributed by atoms with Crippen LogP contribution in [0.1, 0.15) is 23.2 Å². The van der Waals surface area contributed by atoms with Crippen molar-refractivity contribution in [2.45, 2.75) is 18.9 Å². The van der Waals surface area contributed by atoms with Crippen molar-refractivity contribution in [3.05, 3.63) is 33.8 Å². The van der Waals surface area contributed by atoms with Crippen LogP contribution in [0, 0.1) is 0 Å². The first kappa shape index (κ1) is 16.6. The average Bonchev–Trinajstić information content (AvgIpc) is 2.37. The number of nitrogens with one attached hydrogen (secondary N) is 1. The quantitative estimate of drug-likeness (QED) is 0.906. The molecule has 6 heteroatoms. The summed E-state index contributed by atoms with van der Waals surface area (Å²) < 4.78 is 0. The Morgan fingerprint density at radius 1 is 1.32 bits per heavy atom. The lowest BCUT2D eigenvalue weighted by molar-refractivity contribution is 0.0708. The first-order chi connectivity index (χ1) is 8.58. The topological polar surface area (TPSA) is 32.3 Å². The Kier molecular flexibility index (Phi) is 6.40. The molecule has 2 rings (SSSR count). The average molecular weight is 324 g/mol. The first-order valence-electron chi connectivity index (χ1n) is 6.02. The van der Waals surface area contributed by atoms with Crippen LogP contribution < -0.4 is 5.32 Å². The van der Waals surface area contributed by atoms with E-state index in [4.69, 9.17) is 23.2 Å². The second kappa shape index (κ2) is 7.34. The van der Waals surface area contributed by atoms with Crippen molar-refractivity contribution < 1.29 is 4.79 Å². The van der Waals surface area contributed by atoms with Gasteiger partial charge in [0.1, 0.15) is 0 Å². The fourth-order valence-corrected chi connectivity index (χ4v) is 2.74. The molecule has 1 fully saturated rings. The molecule has 106 valence electrons. The second-order valence-corrected chi connectivity index (χ2v) is 5.45. The van der Waals surface area contributed by atoms with Gasteiger partial charge in [0.15, 0.2) is 0 Å². The van der Waals surface area contributed by atoms with Gasteiger partial charge in [-0.1, -0.05) is 23.2 Å². The summed E-state index contributed by atoms with van der Waals surface area (Å²) in [5.74, 6) is -0.0342. The Morgan fingerprint density at radius 3 is 2.47 bits per heavy atom. The minimum Gasteiger partial charge on any atom is -0.337 e. The van der Waals surface area contributed by atoms with E-state index in [2.05, 4.69) is 5.32 Å². The van der Waals surface area contributed by atoms with E-state index in [1.54, 1.807) is 23.1 Å².